The van der Waals surface area contributed by atoms with Gasteiger partial charge in [0.2, 0.25) is 0 Å². The quantitative estimate of drug-likeness (QED) is 0.201. The number of rotatable bonds is 0. The summed E-state index contributed by atoms with van der Waals surface area (Å²) < 4.78 is 192. The minimum Gasteiger partial charge on any atom is -0.300 e. The zero-order valence-electron chi connectivity index (χ0n) is 15.4. The molecule has 2 saturated heterocycles. The van der Waals surface area contributed by atoms with Crippen LogP contribution >= 0.6 is 43.7 Å². The predicted octanol–water partition coefficient (Wildman–Crippen LogP) is 8.22. The maximum Gasteiger partial charge on any atom is 0.376 e. The van der Waals surface area contributed by atoms with Crippen LogP contribution in [-0.2, 0) is 18.1 Å². The molecule has 200 valence electrons. The average molecular weight is 626 g/mol. The molecule has 2 fully saturated rings. The molecule has 0 unspecified atom stereocenters. The van der Waals surface area contributed by atoms with Crippen LogP contribution in [0.2, 0.25) is 0 Å². The van der Waals surface area contributed by atoms with E-state index >= 15 is 0 Å². The Kier molecular flexibility index (Phi) is 6.90. The molecule has 3 aliphatic heterocycles. The highest BCUT2D eigenvalue weighted by Gasteiger charge is 2.74. The fraction of sp³-hybridized carbons (Fsp3) is 1.00. The van der Waals surface area contributed by atoms with Crippen molar-refractivity contribution in [3.05, 3.63) is 0 Å². The van der Waals surface area contributed by atoms with Crippen LogP contribution in [-0.4, -0.2) is 62.0 Å². The lowest BCUT2D eigenvalue weighted by molar-refractivity contribution is -0.325. The molecular formula is C10H8Cl2F12N3O4P3. The van der Waals surface area contributed by atoms with E-state index in [-0.39, 0.29) is 0 Å². The minimum absolute atomic E-state index is 2.59. The summed E-state index contributed by atoms with van der Waals surface area (Å²) in [7, 11) is -10.4. The first-order valence-corrected chi connectivity index (χ1v) is 14.7. The van der Waals surface area contributed by atoms with Crippen LogP contribution in [0.15, 0.2) is 13.5 Å². The molecule has 0 N–H and O–H groups in total. The molecule has 3 heterocycles. The highest BCUT2D eigenvalue weighted by molar-refractivity contribution is 8.13. The molecule has 0 amide bonds. The van der Waals surface area contributed by atoms with Crippen molar-refractivity contribution in [2.75, 3.05) is 26.4 Å². The van der Waals surface area contributed by atoms with E-state index < -0.39 is 83.2 Å². The van der Waals surface area contributed by atoms with Crippen molar-refractivity contribution < 1.29 is 70.8 Å². The maximum atomic E-state index is 13.8. The van der Waals surface area contributed by atoms with E-state index in [1.807, 2.05) is 0 Å². The Labute approximate surface area is 190 Å². The Balaban J connectivity index is 2.15. The second kappa shape index (κ2) is 8.13. The first kappa shape index (κ1) is 28.8. The third kappa shape index (κ3) is 4.66. The van der Waals surface area contributed by atoms with Gasteiger partial charge >= 0.3 is 50.9 Å². The van der Waals surface area contributed by atoms with Crippen LogP contribution in [0.5, 0.6) is 0 Å². The SMILES string of the molecule is FC1(F)COP2(=NP(Cl)(Cl)=NP3(=N2)OCC(F)(F)C(F)(F)C(F)(F)CO3)OCC(F)(F)C1(F)F. The van der Waals surface area contributed by atoms with E-state index in [1.54, 1.807) is 0 Å². The molecule has 0 aromatic heterocycles. The summed E-state index contributed by atoms with van der Waals surface area (Å²) in [5.41, 5.74) is 0. The molecule has 3 rings (SSSR count). The van der Waals surface area contributed by atoms with Crippen molar-refractivity contribution in [1.82, 2.24) is 0 Å². The van der Waals surface area contributed by atoms with Gasteiger partial charge in [-0.2, -0.15) is 61.7 Å². The van der Waals surface area contributed by atoms with Crippen LogP contribution < -0.4 is 0 Å². The van der Waals surface area contributed by atoms with Gasteiger partial charge in [0.05, 0.1) is 0 Å². The molecule has 0 aromatic carbocycles. The number of halogens is 14. The molecule has 0 radical (unpaired) electrons. The molecule has 24 heteroatoms. The summed E-state index contributed by atoms with van der Waals surface area (Å²) in [6, 6.07) is 0. The smallest absolute Gasteiger partial charge is 0.300 e. The van der Waals surface area contributed by atoms with Gasteiger partial charge in [0.25, 0.3) is 5.91 Å². The second-order valence-electron chi connectivity index (χ2n) is 6.77. The normalized spacial score (nSPS) is 33.7. The van der Waals surface area contributed by atoms with E-state index in [9.17, 15) is 52.7 Å². The third-order valence-electron chi connectivity index (χ3n) is 4.16. The lowest BCUT2D eigenvalue weighted by atomic mass is 10.1. The van der Waals surface area contributed by atoms with Gasteiger partial charge in [-0.25, -0.2) is 0 Å². The van der Waals surface area contributed by atoms with Gasteiger partial charge in [0.15, 0.2) is 0 Å². The Bertz CT molecular complexity index is 931. The van der Waals surface area contributed by atoms with Gasteiger partial charge in [-0.3, -0.25) is 18.1 Å². The molecule has 3 aliphatic rings. The van der Waals surface area contributed by atoms with Crippen LogP contribution in [0, 0.1) is 0 Å². The van der Waals surface area contributed by atoms with Gasteiger partial charge in [-0.05, 0) is 22.5 Å². The van der Waals surface area contributed by atoms with Crippen LogP contribution in [0.25, 0.3) is 0 Å². The van der Waals surface area contributed by atoms with E-state index in [0.717, 1.165) is 0 Å². The summed E-state index contributed by atoms with van der Waals surface area (Å²) in [6.45, 7) is -10.4. The number of nitrogens with zero attached hydrogens (tertiary/aromatic N) is 3. The van der Waals surface area contributed by atoms with E-state index in [1.165, 1.54) is 0 Å². The standard InChI is InChI=1S/C10H8Cl2F12N3O4P3/c11-32(12)25-33(28-1-5(13,14)9(21,22)6(15,16)2-29-33)27-34(26-32)30-3-7(17,18)10(23,24)8(19,20)4-31-34/h1-4H2. The molecule has 2 spiro atoms. The van der Waals surface area contributed by atoms with Crippen LogP contribution in [0.1, 0.15) is 0 Å². The fourth-order valence-corrected chi connectivity index (χ4v) is 13.2. The van der Waals surface area contributed by atoms with Crippen LogP contribution in [0.4, 0.5) is 52.7 Å². The Morgan fingerprint density at radius 1 is 0.471 bits per heavy atom. The second-order valence-corrected chi connectivity index (χ2v) is 16.2. The van der Waals surface area contributed by atoms with Crippen molar-refractivity contribution in [2.24, 2.45) is 13.5 Å². The van der Waals surface area contributed by atoms with Gasteiger partial charge in [0.1, 0.15) is 26.4 Å². The van der Waals surface area contributed by atoms with Crippen molar-refractivity contribution in [3.63, 3.8) is 0 Å². The van der Waals surface area contributed by atoms with Crippen molar-refractivity contribution in [2.45, 2.75) is 35.5 Å². The number of hydrogen-bond acceptors (Lipinski definition) is 7. The Morgan fingerprint density at radius 2 is 0.735 bits per heavy atom. The molecule has 34 heavy (non-hydrogen) atoms. The zero-order chi connectivity index (χ0) is 26.3. The van der Waals surface area contributed by atoms with Gasteiger partial charge < -0.3 is 0 Å². The van der Waals surface area contributed by atoms with E-state index in [0.29, 0.717) is 0 Å². The summed E-state index contributed by atoms with van der Waals surface area (Å²) in [6.07, 6.45) is 0. The monoisotopic (exact) mass is 625 g/mol. The molecular weight excluding hydrogens is 618 g/mol. The van der Waals surface area contributed by atoms with Gasteiger partial charge in [-0.1, -0.05) is 0 Å². The summed E-state index contributed by atoms with van der Waals surface area (Å²) in [5.74, 6) is -39.1. The molecule has 0 bridgehead atoms. The minimum atomic E-state index is -6.03. The fourth-order valence-electron chi connectivity index (χ4n) is 2.31. The largest absolute Gasteiger partial charge is 0.376 e. The van der Waals surface area contributed by atoms with E-state index in [2.05, 4.69) is 31.6 Å². The first-order valence-electron chi connectivity index (χ1n) is 8.11. The first-order chi connectivity index (χ1) is 14.9. The average Bonchev–Trinajstić information content (AvgIpc) is 2.66. The maximum absolute atomic E-state index is 13.8. The Hall–Kier alpha value is 0.270. The summed E-state index contributed by atoms with van der Waals surface area (Å²) >= 11 is 11.3. The molecule has 0 aliphatic carbocycles. The highest BCUT2D eigenvalue weighted by Crippen LogP contribution is 2.84. The molecule has 0 aromatic rings. The zero-order valence-corrected chi connectivity index (χ0v) is 19.6. The number of alkyl halides is 12. The summed E-state index contributed by atoms with van der Waals surface area (Å²) in [5, 5.41) is 0. The Morgan fingerprint density at radius 3 is 1.03 bits per heavy atom. The van der Waals surface area contributed by atoms with E-state index in [4.69, 9.17) is 22.5 Å². The van der Waals surface area contributed by atoms with Gasteiger partial charge in [-0.15, -0.1) is 4.52 Å². The van der Waals surface area contributed by atoms with Crippen LogP contribution in [0.3, 0.4) is 0 Å². The van der Waals surface area contributed by atoms with Crippen molar-refractivity contribution >= 4 is 43.7 Å². The summed E-state index contributed by atoms with van der Waals surface area (Å²) in [4.78, 5) is 0. The van der Waals surface area contributed by atoms with Crippen molar-refractivity contribution in [3.8, 4) is 0 Å². The molecule has 0 saturated carbocycles. The predicted molar refractivity (Wildman–Crippen MR) is 93.2 cm³/mol. The number of hydrogen-bond donors (Lipinski definition) is 0. The van der Waals surface area contributed by atoms with Crippen molar-refractivity contribution in [1.29, 1.82) is 0 Å². The highest BCUT2D eigenvalue weighted by atomic mass is 35.9. The molecule has 7 nitrogen and oxygen atoms in total. The third-order valence-corrected chi connectivity index (χ3v) is 13.8. The van der Waals surface area contributed by atoms with Gasteiger partial charge in [0, 0.05) is 0 Å². The molecule has 0 atom stereocenters. The lowest BCUT2D eigenvalue weighted by Gasteiger charge is -2.39. The lowest BCUT2D eigenvalue weighted by Crippen LogP contribution is -2.59. The topological polar surface area (TPSA) is 74.0 Å².